The van der Waals surface area contributed by atoms with Crippen molar-refractivity contribution in [3.8, 4) is 0 Å². The van der Waals surface area contributed by atoms with Crippen molar-refractivity contribution in [2.75, 3.05) is 13.1 Å². The number of aliphatic carboxylic acids is 1. The Kier molecular flexibility index (Phi) is 5.34. The Morgan fingerprint density at radius 2 is 1.81 bits per heavy atom. The van der Waals surface area contributed by atoms with Gasteiger partial charge in [0.15, 0.2) is 0 Å². The number of likely N-dealkylation sites (tertiary alicyclic amines) is 1. The Morgan fingerprint density at radius 1 is 1.10 bits per heavy atom. The van der Waals surface area contributed by atoms with Crippen LogP contribution in [0, 0.1) is 23.2 Å². The quantitative estimate of drug-likeness (QED) is 0.836. The average Bonchev–Trinajstić information content (AvgIpc) is 2.61. The van der Waals surface area contributed by atoms with Gasteiger partial charge in [-0.2, -0.15) is 0 Å². The Balaban J connectivity index is 2.11. The first-order valence-electron chi connectivity index (χ1n) is 8.76. The van der Waals surface area contributed by atoms with E-state index in [0.717, 1.165) is 38.3 Å². The van der Waals surface area contributed by atoms with Crippen LogP contribution in [0.15, 0.2) is 0 Å². The van der Waals surface area contributed by atoms with E-state index in [9.17, 15) is 9.90 Å². The van der Waals surface area contributed by atoms with E-state index in [2.05, 4.69) is 32.6 Å². The molecule has 1 aliphatic heterocycles. The summed E-state index contributed by atoms with van der Waals surface area (Å²) in [5, 5.41) is 9.62. The lowest BCUT2D eigenvalue weighted by Gasteiger charge is -2.44. The Morgan fingerprint density at radius 3 is 2.43 bits per heavy atom. The molecule has 0 aromatic heterocycles. The van der Waals surface area contributed by atoms with Crippen LogP contribution in [-0.4, -0.2) is 35.1 Å². The van der Waals surface area contributed by atoms with E-state index < -0.39 is 5.97 Å². The van der Waals surface area contributed by atoms with Crippen molar-refractivity contribution in [1.29, 1.82) is 0 Å². The van der Waals surface area contributed by atoms with E-state index in [1.165, 1.54) is 19.3 Å². The number of carboxylic acids is 1. The van der Waals surface area contributed by atoms with Crippen molar-refractivity contribution in [3.63, 3.8) is 0 Å². The standard InChI is InChI=1S/C18H33NO2/c1-13-6-5-10-19(11-9-13)16-12-14(18(2,3)4)7-8-15(16)17(20)21/h13-16H,5-12H2,1-4H3,(H,20,21). The molecule has 2 fully saturated rings. The molecule has 0 spiro atoms. The fraction of sp³-hybridized carbons (Fsp3) is 0.944. The molecule has 0 amide bonds. The van der Waals surface area contributed by atoms with E-state index in [4.69, 9.17) is 0 Å². The fourth-order valence-corrected chi connectivity index (χ4v) is 4.24. The van der Waals surface area contributed by atoms with Crippen LogP contribution in [0.3, 0.4) is 0 Å². The second-order valence-electron chi connectivity index (χ2n) is 8.46. The van der Waals surface area contributed by atoms with Gasteiger partial charge in [-0.1, -0.05) is 27.7 Å². The second-order valence-corrected chi connectivity index (χ2v) is 8.46. The Bertz CT molecular complexity index is 361. The molecule has 0 aromatic rings. The highest BCUT2D eigenvalue weighted by molar-refractivity contribution is 5.71. The number of nitrogens with zero attached hydrogens (tertiary/aromatic N) is 1. The normalized spacial score (nSPS) is 36.2. The number of carbonyl (C=O) groups is 1. The summed E-state index contributed by atoms with van der Waals surface area (Å²) >= 11 is 0. The minimum atomic E-state index is -0.579. The second kappa shape index (κ2) is 6.68. The minimum Gasteiger partial charge on any atom is -0.481 e. The van der Waals surface area contributed by atoms with E-state index in [1.54, 1.807) is 0 Å². The summed E-state index contributed by atoms with van der Waals surface area (Å²) in [7, 11) is 0. The lowest BCUT2D eigenvalue weighted by Crippen LogP contribution is -2.49. The molecule has 1 saturated carbocycles. The van der Waals surface area contributed by atoms with Gasteiger partial charge in [0.25, 0.3) is 0 Å². The third-order valence-corrected chi connectivity index (χ3v) is 5.88. The summed E-state index contributed by atoms with van der Waals surface area (Å²) in [6.45, 7) is 11.4. The first-order valence-corrected chi connectivity index (χ1v) is 8.76. The Hall–Kier alpha value is -0.570. The van der Waals surface area contributed by atoms with E-state index in [0.29, 0.717) is 11.3 Å². The van der Waals surface area contributed by atoms with Crippen molar-refractivity contribution in [2.45, 2.75) is 72.3 Å². The molecule has 3 nitrogen and oxygen atoms in total. The van der Waals surface area contributed by atoms with Gasteiger partial charge in [-0.25, -0.2) is 0 Å². The SMILES string of the molecule is CC1CCCN(C2CC(C(C)(C)C)CCC2C(=O)O)CC1. The fourth-order valence-electron chi connectivity index (χ4n) is 4.24. The lowest BCUT2D eigenvalue weighted by atomic mass is 9.67. The molecule has 4 unspecified atom stereocenters. The van der Waals surface area contributed by atoms with Crippen molar-refractivity contribution in [2.24, 2.45) is 23.2 Å². The van der Waals surface area contributed by atoms with Crippen LogP contribution in [-0.2, 0) is 4.79 Å². The first kappa shape index (κ1) is 16.8. The van der Waals surface area contributed by atoms with Crippen LogP contribution in [0.1, 0.15) is 66.2 Å². The van der Waals surface area contributed by atoms with E-state index in [1.807, 2.05) is 0 Å². The van der Waals surface area contributed by atoms with Crippen LogP contribution in [0.25, 0.3) is 0 Å². The van der Waals surface area contributed by atoms with Gasteiger partial charge in [0.1, 0.15) is 0 Å². The van der Waals surface area contributed by atoms with E-state index in [-0.39, 0.29) is 12.0 Å². The average molecular weight is 295 g/mol. The van der Waals surface area contributed by atoms with Gasteiger partial charge in [0.2, 0.25) is 0 Å². The summed E-state index contributed by atoms with van der Waals surface area (Å²) in [5.74, 6) is 0.709. The highest BCUT2D eigenvalue weighted by Crippen LogP contribution is 2.42. The molecular weight excluding hydrogens is 262 g/mol. The largest absolute Gasteiger partial charge is 0.481 e. The van der Waals surface area contributed by atoms with Gasteiger partial charge < -0.3 is 5.11 Å². The van der Waals surface area contributed by atoms with Crippen molar-refractivity contribution < 1.29 is 9.90 Å². The van der Waals surface area contributed by atoms with Gasteiger partial charge in [0.05, 0.1) is 5.92 Å². The maximum absolute atomic E-state index is 11.7. The number of hydrogen-bond acceptors (Lipinski definition) is 2. The molecule has 1 N–H and O–H groups in total. The number of rotatable bonds is 2. The number of hydrogen-bond donors (Lipinski definition) is 1. The third-order valence-electron chi connectivity index (χ3n) is 5.88. The van der Waals surface area contributed by atoms with Gasteiger partial charge in [-0.05, 0) is 68.9 Å². The predicted molar refractivity (Wildman–Crippen MR) is 86.3 cm³/mol. The summed E-state index contributed by atoms with van der Waals surface area (Å²) in [6.07, 6.45) is 6.74. The van der Waals surface area contributed by atoms with Gasteiger partial charge in [0, 0.05) is 6.04 Å². The van der Waals surface area contributed by atoms with Crippen LogP contribution < -0.4 is 0 Å². The van der Waals surface area contributed by atoms with Crippen LogP contribution in [0.2, 0.25) is 0 Å². The minimum absolute atomic E-state index is 0.156. The molecule has 1 aliphatic carbocycles. The molecule has 122 valence electrons. The van der Waals surface area contributed by atoms with Crippen LogP contribution >= 0.6 is 0 Å². The molecule has 4 atom stereocenters. The maximum Gasteiger partial charge on any atom is 0.308 e. The molecule has 2 aliphatic rings. The zero-order valence-corrected chi connectivity index (χ0v) is 14.3. The zero-order chi connectivity index (χ0) is 15.6. The topological polar surface area (TPSA) is 40.5 Å². The van der Waals surface area contributed by atoms with Crippen LogP contribution in [0.4, 0.5) is 0 Å². The summed E-state index contributed by atoms with van der Waals surface area (Å²) in [6, 6.07) is 0.255. The summed E-state index contributed by atoms with van der Waals surface area (Å²) in [5.41, 5.74) is 0.293. The first-order chi connectivity index (χ1) is 9.79. The lowest BCUT2D eigenvalue weighted by molar-refractivity contribution is -0.147. The highest BCUT2D eigenvalue weighted by Gasteiger charge is 2.41. The molecule has 3 heteroatoms. The predicted octanol–water partition coefficient (Wildman–Crippen LogP) is 4.02. The van der Waals surface area contributed by atoms with Gasteiger partial charge in [-0.15, -0.1) is 0 Å². The molecule has 1 saturated heterocycles. The molecule has 2 rings (SSSR count). The van der Waals surface area contributed by atoms with Gasteiger partial charge >= 0.3 is 5.97 Å². The molecule has 0 aromatic carbocycles. The highest BCUT2D eigenvalue weighted by atomic mass is 16.4. The maximum atomic E-state index is 11.7. The van der Waals surface area contributed by atoms with Gasteiger partial charge in [-0.3, -0.25) is 9.69 Å². The zero-order valence-electron chi connectivity index (χ0n) is 14.3. The number of carboxylic acid groups (broad SMARTS) is 1. The molecule has 21 heavy (non-hydrogen) atoms. The van der Waals surface area contributed by atoms with Crippen molar-refractivity contribution >= 4 is 5.97 Å². The summed E-state index contributed by atoms with van der Waals surface area (Å²) in [4.78, 5) is 14.2. The van der Waals surface area contributed by atoms with Crippen LogP contribution in [0.5, 0.6) is 0 Å². The Labute approximate surface area is 130 Å². The van der Waals surface area contributed by atoms with Crippen molar-refractivity contribution in [3.05, 3.63) is 0 Å². The molecule has 1 heterocycles. The van der Waals surface area contributed by atoms with Crippen molar-refractivity contribution in [1.82, 2.24) is 4.90 Å². The molecule has 0 bridgehead atoms. The smallest absolute Gasteiger partial charge is 0.308 e. The third kappa shape index (κ3) is 4.21. The van der Waals surface area contributed by atoms with E-state index >= 15 is 0 Å². The molecular formula is C18H33NO2. The monoisotopic (exact) mass is 295 g/mol. The molecule has 0 radical (unpaired) electrons. The summed E-state index contributed by atoms with van der Waals surface area (Å²) < 4.78 is 0.